The maximum atomic E-state index is 11.0. The molecule has 13 heavy (non-hydrogen) atoms. The monoisotopic (exact) mass is 187 g/mol. The summed E-state index contributed by atoms with van der Waals surface area (Å²) in [5, 5.41) is 8.64. The molecule has 4 heteroatoms. The Morgan fingerprint density at radius 3 is 2.62 bits per heavy atom. The molecule has 4 nitrogen and oxygen atoms in total. The van der Waals surface area contributed by atoms with Crippen molar-refractivity contribution in [3.8, 4) is 0 Å². The topological polar surface area (TPSA) is 49.8 Å². The summed E-state index contributed by atoms with van der Waals surface area (Å²) in [5.74, 6) is -0.392. The highest BCUT2D eigenvalue weighted by atomic mass is 16.5. The van der Waals surface area contributed by atoms with E-state index in [2.05, 4.69) is 6.58 Å². The highest BCUT2D eigenvalue weighted by molar-refractivity contribution is 5.86. The number of hydrogen-bond donors (Lipinski definition) is 1. The van der Waals surface area contributed by atoms with Crippen molar-refractivity contribution in [2.24, 2.45) is 0 Å². The van der Waals surface area contributed by atoms with Gasteiger partial charge >= 0.3 is 5.97 Å². The Balaban J connectivity index is 3.71. The molecule has 0 spiro atoms. The van der Waals surface area contributed by atoms with Crippen molar-refractivity contribution in [3.63, 3.8) is 0 Å². The molecule has 76 valence electrons. The molecule has 0 amide bonds. The van der Waals surface area contributed by atoms with E-state index in [4.69, 9.17) is 9.84 Å². The molecule has 1 N–H and O–H groups in total. The number of rotatable bonds is 6. The van der Waals surface area contributed by atoms with Crippen molar-refractivity contribution in [1.29, 1.82) is 0 Å². The SMILES string of the molecule is C=C(C)C(=O)OCN(CC)CCO. The lowest BCUT2D eigenvalue weighted by Crippen LogP contribution is -2.30. The zero-order chi connectivity index (χ0) is 10.3. The number of esters is 1. The summed E-state index contributed by atoms with van der Waals surface area (Å²) >= 11 is 0. The second kappa shape index (κ2) is 6.62. The van der Waals surface area contributed by atoms with Crippen LogP contribution in [0, 0.1) is 0 Å². The summed E-state index contributed by atoms with van der Waals surface area (Å²) < 4.78 is 4.89. The summed E-state index contributed by atoms with van der Waals surface area (Å²) in [6, 6.07) is 0. The van der Waals surface area contributed by atoms with Crippen LogP contribution in [-0.4, -0.2) is 42.4 Å². The van der Waals surface area contributed by atoms with E-state index in [0.29, 0.717) is 12.1 Å². The fraction of sp³-hybridized carbons (Fsp3) is 0.667. The predicted molar refractivity (Wildman–Crippen MR) is 50.1 cm³/mol. The van der Waals surface area contributed by atoms with Crippen LogP contribution < -0.4 is 0 Å². The third-order valence-electron chi connectivity index (χ3n) is 1.59. The zero-order valence-corrected chi connectivity index (χ0v) is 8.25. The summed E-state index contributed by atoms with van der Waals surface area (Å²) in [5.41, 5.74) is 0.389. The van der Waals surface area contributed by atoms with Gasteiger partial charge in [-0.05, 0) is 13.5 Å². The molecule has 0 fully saturated rings. The van der Waals surface area contributed by atoms with Gasteiger partial charge in [-0.2, -0.15) is 0 Å². The molecule has 0 aromatic carbocycles. The fourth-order valence-corrected chi connectivity index (χ4v) is 0.728. The van der Waals surface area contributed by atoms with E-state index < -0.39 is 5.97 Å². The molecule has 0 aliphatic rings. The van der Waals surface area contributed by atoms with Crippen molar-refractivity contribution < 1.29 is 14.6 Å². The number of likely N-dealkylation sites (N-methyl/N-ethyl adjacent to an activating group) is 1. The molecule has 0 saturated heterocycles. The molecular formula is C9H17NO3. The number of aliphatic hydroxyl groups excluding tert-OH is 1. The molecule has 0 radical (unpaired) electrons. The molecule has 0 atom stereocenters. The summed E-state index contributed by atoms with van der Waals surface area (Å²) in [6.45, 7) is 8.53. The van der Waals surface area contributed by atoms with Crippen LogP contribution in [0.3, 0.4) is 0 Å². The maximum Gasteiger partial charge on any atom is 0.334 e. The Hall–Kier alpha value is -0.870. The maximum absolute atomic E-state index is 11.0. The second-order valence-electron chi connectivity index (χ2n) is 2.78. The highest BCUT2D eigenvalue weighted by Gasteiger charge is 2.06. The van der Waals surface area contributed by atoms with Crippen molar-refractivity contribution in [2.75, 3.05) is 26.4 Å². The zero-order valence-electron chi connectivity index (χ0n) is 8.25. The molecule has 0 rings (SSSR count). The Kier molecular flexibility index (Phi) is 6.18. The Labute approximate surface area is 78.8 Å². The average Bonchev–Trinajstić information content (AvgIpc) is 2.11. The van der Waals surface area contributed by atoms with Gasteiger partial charge in [0.25, 0.3) is 0 Å². The fourth-order valence-electron chi connectivity index (χ4n) is 0.728. The van der Waals surface area contributed by atoms with Gasteiger partial charge in [0.1, 0.15) is 6.73 Å². The number of aliphatic hydroxyl groups is 1. The third-order valence-corrected chi connectivity index (χ3v) is 1.59. The summed E-state index contributed by atoms with van der Waals surface area (Å²) in [6.07, 6.45) is 0. The molecule has 0 aromatic rings. The van der Waals surface area contributed by atoms with E-state index in [-0.39, 0.29) is 13.3 Å². The van der Waals surface area contributed by atoms with Gasteiger partial charge in [0.15, 0.2) is 0 Å². The van der Waals surface area contributed by atoms with Gasteiger partial charge in [-0.3, -0.25) is 4.90 Å². The Morgan fingerprint density at radius 2 is 2.23 bits per heavy atom. The molecule has 0 unspecified atom stereocenters. The van der Waals surface area contributed by atoms with Crippen LogP contribution >= 0.6 is 0 Å². The highest BCUT2D eigenvalue weighted by Crippen LogP contribution is 1.94. The van der Waals surface area contributed by atoms with Crippen molar-refractivity contribution in [1.82, 2.24) is 4.90 Å². The van der Waals surface area contributed by atoms with Gasteiger partial charge < -0.3 is 9.84 Å². The average molecular weight is 187 g/mol. The first-order valence-corrected chi connectivity index (χ1v) is 4.27. The summed E-state index contributed by atoms with van der Waals surface area (Å²) in [7, 11) is 0. The van der Waals surface area contributed by atoms with Crippen molar-refractivity contribution in [3.05, 3.63) is 12.2 Å². The van der Waals surface area contributed by atoms with Gasteiger partial charge in [-0.1, -0.05) is 13.5 Å². The number of carbonyl (C=O) groups is 1. The number of ether oxygens (including phenoxy) is 1. The van der Waals surface area contributed by atoms with E-state index >= 15 is 0 Å². The van der Waals surface area contributed by atoms with Crippen LogP contribution in [0.25, 0.3) is 0 Å². The van der Waals surface area contributed by atoms with Gasteiger partial charge in [-0.25, -0.2) is 4.79 Å². The van der Waals surface area contributed by atoms with Crippen LogP contribution in [-0.2, 0) is 9.53 Å². The normalized spacial score (nSPS) is 10.2. The number of carbonyl (C=O) groups excluding carboxylic acids is 1. The largest absolute Gasteiger partial charge is 0.446 e. The standard InChI is InChI=1S/C9H17NO3/c1-4-10(5-6-11)7-13-9(12)8(2)3/h11H,2,4-7H2,1,3H3. The summed E-state index contributed by atoms with van der Waals surface area (Å²) in [4.78, 5) is 12.8. The molecule has 0 aromatic heterocycles. The van der Waals surface area contributed by atoms with E-state index in [0.717, 1.165) is 6.54 Å². The van der Waals surface area contributed by atoms with Gasteiger partial charge in [0, 0.05) is 12.1 Å². The Morgan fingerprint density at radius 1 is 1.62 bits per heavy atom. The molecular weight excluding hydrogens is 170 g/mol. The van der Waals surface area contributed by atoms with Crippen LogP contribution in [0.15, 0.2) is 12.2 Å². The molecule has 0 aliphatic carbocycles. The Bertz CT molecular complexity index is 180. The van der Waals surface area contributed by atoms with E-state index in [1.165, 1.54) is 0 Å². The van der Waals surface area contributed by atoms with Gasteiger partial charge in [-0.15, -0.1) is 0 Å². The van der Waals surface area contributed by atoms with Crippen LogP contribution in [0.5, 0.6) is 0 Å². The molecule has 0 saturated carbocycles. The van der Waals surface area contributed by atoms with Crippen LogP contribution in [0.1, 0.15) is 13.8 Å². The lowest BCUT2D eigenvalue weighted by Gasteiger charge is -2.18. The minimum absolute atomic E-state index is 0.0679. The molecule has 0 aliphatic heterocycles. The van der Waals surface area contributed by atoms with Crippen LogP contribution in [0.4, 0.5) is 0 Å². The smallest absolute Gasteiger partial charge is 0.334 e. The van der Waals surface area contributed by atoms with Gasteiger partial charge in [0.05, 0.1) is 6.61 Å². The lowest BCUT2D eigenvalue weighted by molar-refractivity contribution is -0.143. The minimum Gasteiger partial charge on any atom is -0.446 e. The van der Waals surface area contributed by atoms with E-state index in [1.54, 1.807) is 6.92 Å². The quantitative estimate of drug-likeness (QED) is 0.371. The first kappa shape index (κ1) is 12.1. The first-order valence-electron chi connectivity index (χ1n) is 4.27. The lowest BCUT2D eigenvalue weighted by atomic mass is 10.4. The number of hydrogen-bond acceptors (Lipinski definition) is 4. The molecule has 0 heterocycles. The number of nitrogens with zero attached hydrogens (tertiary/aromatic N) is 1. The minimum atomic E-state index is -0.392. The van der Waals surface area contributed by atoms with Crippen molar-refractivity contribution >= 4 is 5.97 Å². The second-order valence-corrected chi connectivity index (χ2v) is 2.78. The van der Waals surface area contributed by atoms with E-state index in [9.17, 15) is 4.79 Å². The van der Waals surface area contributed by atoms with Gasteiger partial charge in [0.2, 0.25) is 0 Å². The predicted octanol–water partition coefficient (Wildman–Crippen LogP) is 0.377. The molecule has 0 bridgehead atoms. The first-order chi connectivity index (χ1) is 6.11. The third kappa shape index (κ3) is 5.38. The van der Waals surface area contributed by atoms with E-state index in [1.807, 2.05) is 11.8 Å². The van der Waals surface area contributed by atoms with Crippen molar-refractivity contribution in [2.45, 2.75) is 13.8 Å². The van der Waals surface area contributed by atoms with Crippen LogP contribution in [0.2, 0.25) is 0 Å².